The van der Waals surface area contributed by atoms with Crippen molar-refractivity contribution in [2.75, 3.05) is 19.4 Å². The summed E-state index contributed by atoms with van der Waals surface area (Å²) in [5.74, 6) is -0.458. The van der Waals surface area contributed by atoms with Crippen molar-refractivity contribution < 1.29 is 9.59 Å². The number of hydrogen-bond acceptors (Lipinski definition) is 5. The minimum atomic E-state index is -0.326. The fourth-order valence-corrected chi connectivity index (χ4v) is 3.39. The number of amides is 2. The summed E-state index contributed by atoms with van der Waals surface area (Å²) in [5.41, 5.74) is 1.73. The lowest BCUT2D eigenvalue weighted by atomic mass is 10.3. The smallest absolute Gasteiger partial charge is 0.276 e. The normalized spacial score (nSPS) is 10.6. The van der Waals surface area contributed by atoms with E-state index in [0.717, 1.165) is 17.0 Å². The summed E-state index contributed by atoms with van der Waals surface area (Å²) < 4.78 is 2.14. The standard InChI is InChI=1S/C13H16BrN5O2S/c1-6-8(14)9(19(5)17-6)11(20)16-13-15-7(2)10(22-13)12(21)18(3)4/h1-5H3,(H,15,16,20). The van der Waals surface area contributed by atoms with Crippen LogP contribution in [-0.2, 0) is 7.05 Å². The van der Waals surface area contributed by atoms with Crippen LogP contribution in [0.1, 0.15) is 31.5 Å². The number of carbonyl (C=O) groups excluding carboxylic acids is 2. The van der Waals surface area contributed by atoms with Crippen LogP contribution in [-0.4, -0.2) is 45.6 Å². The number of thiazole rings is 1. The first-order valence-electron chi connectivity index (χ1n) is 6.42. The van der Waals surface area contributed by atoms with E-state index in [-0.39, 0.29) is 11.8 Å². The molecule has 0 radical (unpaired) electrons. The van der Waals surface area contributed by atoms with Gasteiger partial charge in [0.2, 0.25) is 0 Å². The third-order valence-corrected chi connectivity index (χ3v) is 4.99. The molecule has 0 unspecified atom stereocenters. The molecule has 0 bridgehead atoms. The Balaban J connectivity index is 2.26. The highest BCUT2D eigenvalue weighted by molar-refractivity contribution is 9.10. The molecule has 118 valence electrons. The van der Waals surface area contributed by atoms with Crippen LogP contribution in [0, 0.1) is 13.8 Å². The average Bonchev–Trinajstić information content (AvgIpc) is 2.89. The highest BCUT2D eigenvalue weighted by atomic mass is 79.9. The molecule has 9 heteroatoms. The molecule has 0 saturated heterocycles. The van der Waals surface area contributed by atoms with E-state index in [9.17, 15) is 9.59 Å². The SMILES string of the molecule is Cc1nc(NC(=O)c2c(Br)c(C)nn2C)sc1C(=O)N(C)C. The summed E-state index contributed by atoms with van der Waals surface area (Å²) in [6.45, 7) is 3.55. The van der Waals surface area contributed by atoms with E-state index < -0.39 is 0 Å². The van der Waals surface area contributed by atoms with Crippen molar-refractivity contribution in [2.45, 2.75) is 13.8 Å². The number of rotatable bonds is 3. The van der Waals surface area contributed by atoms with Crippen molar-refractivity contribution >= 4 is 44.2 Å². The van der Waals surface area contributed by atoms with Crippen LogP contribution >= 0.6 is 27.3 Å². The Hall–Kier alpha value is -1.74. The molecule has 0 aliphatic rings. The highest BCUT2D eigenvalue weighted by Gasteiger charge is 2.22. The minimum absolute atomic E-state index is 0.131. The molecule has 2 aromatic heterocycles. The molecule has 2 amide bonds. The van der Waals surface area contributed by atoms with Gasteiger partial charge in [0.25, 0.3) is 11.8 Å². The molecule has 0 aliphatic carbocycles. The number of nitrogens with one attached hydrogen (secondary N) is 1. The lowest BCUT2D eigenvalue weighted by Crippen LogP contribution is -2.21. The van der Waals surface area contributed by atoms with E-state index in [1.54, 1.807) is 28.1 Å². The Bertz CT molecular complexity index is 750. The van der Waals surface area contributed by atoms with Crippen LogP contribution in [0.4, 0.5) is 5.13 Å². The third-order valence-electron chi connectivity index (χ3n) is 2.98. The first-order chi connectivity index (χ1) is 10.2. The van der Waals surface area contributed by atoms with Gasteiger partial charge in [-0.05, 0) is 29.8 Å². The van der Waals surface area contributed by atoms with E-state index >= 15 is 0 Å². The second-order valence-corrected chi connectivity index (χ2v) is 6.75. The Labute approximate surface area is 140 Å². The number of carbonyl (C=O) groups is 2. The third kappa shape index (κ3) is 3.05. The summed E-state index contributed by atoms with van der Waals surface area (Å²) in [7, 11) is 5.05. The molecule has 0 spiro atoms. The Kier molecular flexibility index (Phi) is 4.66. The van der Waals surface area contributed by atoms with Gasteiger partial charge in [-0.15, -0.1) is 0 Å². The van der Waals surface area contributed by atoms with Gasteiger partial charge in [0.15, 0.2) is 5.13 Å². The van der Waals surface area contributed by atoms with Crippen LogP contribution < -0.4 is 5.32 Å². The fourth-order valence-electron chi connectivity index (χ4n) is 1.89. The zero-order valence-electron chi connectivity index (χ0n) is 12.9. The second-order valence-electron chi connectivity index (χ2n) is 4.96. The molecule has 2 heterocycles. The van der Waals surface area contributed by atoms with Crippen LogP contribution in [0.15, 0.2) is 4.47 Å². The number of hydrogen-bond donors (Lipinski definition) is 1. The maximum absolute atomic E-state index is 12.4. The van der Waals surface area contributed by atoms with Crippen molar-refractivity contribution in [1.82, 2.24) is 19.7 Å². The van der Waals surface area contributed by atoms with Crippen molar-refractivity contribution in [2.24, 2.45) is 7.05 Å². The monoisotopic (exact) mass is 385 g/mol. The molecule has 0 aliphatic heterocycles. The molecule has 2 aromatic rings. The quantitative estimate of drug-likeness (QED) is 0.877. The van der Waals surface area contributed by atoms with Crippen LogP contribution in [0.2, 0.25) is 0 Å². The number of nitrogens with zero attached hydrogens (tertiary/aromatic N) is 4. The van der Waals surface area contributed by atoms with E-state index in [1.807, 2.05) is 6.92 Å². The average molecular weight is 386 g/mol. The van der Waals surface area contributed by atoms with Crippen LogP contribution in [0.5, 0.6) is 0 Å². The first kappa shape index (κ1) is 16.6. The maximum atomic E-state index is 12.4. The molecule has 2 rings (SSSR count). The second kappa shape index (κ2) is 6.17. The molecule has 0 aromatic carbocycles. The number of halogens is 1. The lowest BCUT2D eigenvalue weighted by Gasteiger charge is -2.07. The Morgan fingerprint density at radius 1 is 1.27 bits per heavy atom. The Morgan fingerprint density at radius 2 is 1.91 bits per heavy atom. The van der Waals surface area contributed by atoms with Crippen molar-refractivity contribution in [3.05, 3.63) is 26.4 Å². The van der Waals surface area contributed by atoms with E-state index in [0.29, 0.717) is 25.9 Å². The van der Waals surface area contributed by atoms with Crippen molar-refractivity contribution in [3.63, 3.8) is 0 Å². The molecular formula is C13H16BrN5O2S. The molecule has 0 fully saturated rings. The summed E-state index contributed by atoms with van der Waals surface area (Å²) in [6.07, 6.45) is 0. The van der Waals surface area contributed by atoms with Crippen LogP contribution in [0.3, 0.4) is 0 Å². The number of anilines is 1. The summed E-state index contributed by atoms with van der Waals surface area (Å²) in [5, 5.41) is 7.28. The summed E-state index contributed by atoms with van der Waals surface area (Å²) >= 11 is 4.51. The van der Waals surface area contributed by atoms with Gasteiger partial charge in [-0.25, -0.2) is 4.98 Å². The lowest BCUT2D eigenvalue weighted by molar-refractivity contribution is 0.0831. The predicted molar refractivity (Wildman–Crippen MR) is 88.5 cm³/mol. The molecule has 22 heavy (non-hydrogen) atoms. The molecule has 1 N–H and O–H groups in total. The van der Waals surface area contributed by atoms with E-state index in [4.69, 9.17) is 0 Å². The van der Waals surface area contributed by atoms with Gasteiger partial charge in [-0.3, -0.25) is 19.6 Å². The van der Waals surface area contributed by atoms with Gasteiger partial charge >= 0.3 is 0 Å². The first-order valence-corrected chi connectivity index (χ1v) is 8.02. The number of aryl methyl sites for hydroxylation is 3. The van der Waals surface area contributed by atoms with Gasteiger partial charge in [-0.2, -0.15) is 5.10 Å². The molecular weight excluding hydrogens is 370 g/mol. The molecule has 0 atom stereocenters. The fraction of sp³-hybridized carbons (Fsp3) is 0.385. The topological polar surface area (TPSA) is 80.1 Å². The van der Waals surface area contributed by atoms with E-state index in [1.165, 1.54) is 9.58 Å². The minimum Gasteiger partial charge on any atom is -0.344 e. The van der Waals surface area contributed by atoms with Gasteiger partial charge < -0.3 is 4.90 Å². The predicted octanol–water partition coefficient (Wildman–Crippen LogP) is 2.21. The zero-order chi connectivity index (χ0) is 16.6. The highest BCUT2D eigenvalue weighted by Crippen LogP contribution is 2.26. The van der Waals surface area contributed by atoms with Crippen molar-refractivity contribution in [3.8, 4) is 0 Å². The van der Waals surface area contributed by atoms with E-state index in [2.05, 4.69) is 31.3 Å². The Morgan fingerprint density at radius 3 is 2.41 bits per heavy atom. The van der Waals surface area contributed by atoms with Gasteiger partial charge in [0, 0.05) is 21.1 Å². The summed E-state index contributed by atoms with van der Waals surface area (Å²) in [6, 6.07) is 0. The van der Waals surface area contributed by atoms with Gasteiger partial charge in [0.05, 0.1) is 15.9 Å². The van der Waals surface area contributed by atoms with Gasteiger partial charge in [0.1, 0.15) is 10.6 Å². The summed E-state index contributed by atoms with van der Waals surface area (Å²) in [4.78, 5) is 30.6. The molecule has 7 nitrogen and oxygen atoms in total. The van der Waals surface area contributed by atoms with Crippen LogP contribution in [0.25, 0.3) is 0 Å². The molecule has 0 saturated carbocycles. The zero-order valence-corrected chi connectivity index (χ0v) is 15.3. The van der Waals surface area contributed by atoms with Crippen molar-refractivity contribution in [1.29, 1.82) is 0 Å². The maximum Gasteiger partial charge on any atom is 0.276 e. The van der Waals surface area contributed by atoms with Gasteiger partial charge in [-0.1, -0.05) is 11.3 Å². The largest absolute Gasteiger partial charge is 0.344 e. The number of aromatic nitrogens is 3.